The van der Waals surface area contributed by atoms with Crippen LogP contribution >= 0.6 is 11.6 Å². The summed E-state index contributed by atoms with van der Waals surface area (Å²) in [6, 6.07) is 7.63. The molecule has 0 amide bonds. The number of hydrogen-bond acceptors (Lipinski definition) is 4. The number of hydrogen-bond donors (Lipinski definition) is 1. The van der Waals surface area contributed by atoms with Crippen molar-refractivity contribution in [3.8, 4) is 5.82 Å². The molecule has 2 N–H and O–H groups in total. The van der Waals surface area contributed by atoms with Gasteiger partial charge in [0.25, 0.3) is 0 Å². The van der Waals surface area contributed by atoms with Gasteiger partial charge in [0.15, 0.2) is 5.82 Å². The molecule has 6 heteroatoms. The van der Waals surface area contributed by atoms with Crippen LogP contribution in [-0.4, -0.2) is 19.7 Å². The number of fused-ring (bicyclic) bond motifs is 1. The Morgan fingerprint density at radius 3 is 2.72 bits per heavy atom. The SMILES string of the molecule is Cc1nn(-c2nc(N)nc3ccccc23)cc1Cl. The molecule has 5 nitrogen and oxygen atoms in total. The standard InChI is InChI=1S/C12H10ClN5/c1-7-9(13)6-18(17-7)11-8-4-2-3-5-10(8)15-12(14)16-11/h2-6H,1H3,(H2,14,15,16). The van der Waals surface area contributed by atoms with E-state index in [1.54, 1.807) is 10.9 Å². The molecular formula is C12H10ClN5. The summed E-state index contributed by atoms with van der Waals surface area (Å²) in [7, 11) is 0. The van der Waals surface area contributed by atoms with Crippen molar-refractivity contribution in [2.24, 2.45) is 0 Å². The van der Waals surface area contributed by atoms with Gasteiger partial charge in [-0.2, -0.15) is 10.1 Å². The third-order valence-corrected chi connectivity index (χ3v) is 3.03. The van der Waals surface area contributed by atoms with Crippen LogP contribution in [0.2, 0.25) is 5.02 Å². The second-order valence-corrected chi connectivity index (χ2v) is 4.34. The molecule has 3 aromatic rings. The Hall–Kier alpha value is -2.14. The molecule has 0 bridgehead atoms. The maximum atomic E-state index is 6.01. The third-order valence-electron chi connectivity index (χ3n) is 2.66. The smallest absolute Gasteiger partial charge is 0.222 e. The largest absolute Gasteiger partial charge is 0.368 e. The Labute approximate surface area is 108 Å². The van der Waals surface area contributed by atoms with Crippen LogP contribution in [0, 0.1) is 6.92 Å². The molecular weight excluding hydrogens is 250 g/mol. The predicted molar refractivity (Wildman–Crippen MR) is 70.8 cm³/mol. The predicted octanol–water partition coefficient (Wildman–Crippen LogP) is 2.36. The lowest BCUT2D eigenvalue weighted by atomic mass is 10.2. The van der Waals surface area contributed by atoms with Gasteiger partial charge >= 0.3 is 0 Å². The lowest BCUT2D eigenvalue weighted by Gasteiger charge is -2.05. The van der Waals surface area contributed by atoms with Crippen molar-refractivity contribution >= 4 is 28.5 Å². The Morgan fingerprint density at radius 2 is 2.00 bits per heavy atom. The van der Waals surface area contributed by atoms with Crippen molar-refractivity contribution in [3.05, 3.63) is 41.2 Å². The monoisotopic (exact) mass is 259 g/mol. The number of halogens is 1. The lowest BCUT2D eigenvalue weighted by Crippen LogP contribution is -2.04. The average molecular weight is 260 g/mol. The summed E-state index contributed by atoms with van der Waals surface area (Å²) >= 11 is 6.01. The Morgan fingerprint density at radius 1 is 1.22 bits per heavy atom. The minimum atomic E-state index is 0.216. The number of nitrogens with zero attached hydrogens (tertiary/aromatic N) is 4. The Kier molecular flexibility index (Phi) is 2.41. The van der Waals surface area contributed by atoms with Crippen LogP contribution in [0.25, 0.3) is 16.7 Å². The fraction of sp³-hybridized carbons (Fsp3) is 0.0833. The van der Waals surface area contributed by atoms with Gasteiger partial charge in [0.05, 0.1) is 22.4 Å². The molecule has 0 aliphatic carbocycles. The van der Waals surface area contributed by atoms with Crippen LogP contribution in [0.5, 0.6) is 0 Å². The summed E-state index contributed by atoms with van der Waals surface area (Å²) in [5, 5.41) is 5.78. The highest BCUT2D eigenvalue weighted by atomic mass is 35.5. The van der Waals surface area contributed by atoms with Crippen LogP contribution < -0.4 is 5.73 Å². The van der Waals surface area contributed by atoms with E-state index in [1.807, 2.05) is 31.2 Å². The lowest BCUT2D eigenvalue weighted by molar-refractivity contribution is 0.839. The number of aromatic nitrogens is 4. The average Bonchev–Trinajstić information content (AvgIpc) is 2.68. The number of aryl methyl sites for hydroxylation is 1. The Balaban J connectivity index is 2.34. The molecule has 2 aromatic heterocycles. The quantitative estimate of drug-likeness (QED) is 0.728. The van der Waals surface area contributed by atoms with E-state index in [1.165, 1.54) is 0 Å². The van der Waals surface area contributed by atoms with Gasteiger partial charge in [-0.15, -0.1) is 0 Å². The Bertz CT molecular complexity index is 715. The zero-order chi connectivity index (χ0) is 12.7. The first-order chi connectivity index (χ1) is 8.65. The molecule has 0 saturated carbocycles. The summed E-state index contributed by atoms with van der Waals surface area (Å²) < 4.78 is 1.62. The molecule has 0 radical (unpaired) electrons. The van der Waals surface area contributed by atoms with Crippen LogP contribution in [0.15, 0.2) is 30.5 Å². The molecule has 18 heavy (non-hydrogen) atoms. The molecule has 0 aliphatic rings. The molecule has 0 unspecified atom stereocenters. The third kappa shape index (κ3) is 1.69. The maximum absolute atomic E-state index is 6.01. The first-order valence-electron chi connectivity index (χ1n) is 5.39. The second kappa shape index (κ2) is 3.96. The highest BCUT2D eigenvalue weighted by Crippen LogP contribution is 2.22. The van der Waals surface area contributed by atoms with E-state index in [-0.39, 0.29) is 5.95 Å². The minimum absolute atomic E-state index is 0.216. The molecule has 0 fully saturated rings. The molecule has 90 valence electrons. The van der Waals surface area contributed by atoms with Gasteiger partial charge in [0.1, 0.15) is 0 Å². The van der Waals surface area contributed by atoms with Crippen molar-refractivity contribution in [1.29, 1.82) is 0 Å². The molecule has 0 saturated heterocycles. The zero-order valence-corrected chi connectivity index (χ0v) is 10.4. The molecule has 1 aromatic carbocycles. The van der Waals surface area contributed by atoms with Gasteiger partial charge in [0.2, 0.25) is 5.95 Å². The zero-order valence-electron chi connectivity index (χ0n) is 9.63. The van der Waals surface area contributed by atoms with Gasteiger partial charge in [-0.25, -0.2) is 9.67 Å². The van der Waals surface area contributed by atoms with Crippen molar-refractivity contribution in [3.63, 3.8) is 0 Å². The van der Waals surface area contributed by atoms with E-state index < -0.39 is 0 Å². The summed E-state index contributed by atoms with van der Waals surface area (Å²) in [5.41, 5.74) is 7.24. The summed E-state index contributed by atoms with van der Waals surface area (Å²) in [6.07, 6.45) is 1.71. The van der Waals surface area contributed by atoms with Crippen LogP contribution in [0.1, 0.15) is 5.69 Å². The molecule has 3 rings (SSSR count). The fourth-order valence-corrected chi connectivity index (χ4v) is 1.93. The highest BCUT2D eigenvalue weighted by molar-refractivity contribution is 6.31. The normalized spacial score (nSPS) is 11.0. The summed E-state index contributed by atoms with van der Waals surface area (Å²) in [5.74, 6) is 0.848. The van der Waals surface area contributed by atoms with Gasteiger partial charge in [-0.1, -0.05) is 23.7 Å². The van der Waals surface area contributed by atoms with Gasteiger partial charge < -0.3 is 5.73 Å². The van der Waals surface area contributed by atoms with Gasteiger partial charge in [0, 0.05) is 5.39 Å². The highest BCUT2D eigenvalue weighted by Gasteiger charge is 2.10. The number of nitrogens with two attached hydrogens (primary N) is 1. The minimum Gasteiger partial charge on any atom is -0.368 e. The van der Waals surface area contributed by atoms with Crippen molar-refractivity contribution < 1.29 is 0 Å². The summed E-state index contributed by atoms with van der Waals surface area (Å²) in [6.45, 7) is 1.84. The molecule has 0 spiro atoms. The fourth-order valence-electron chi connectivity index (χ4n) is 1.80. The maximum Gasteiger partial charge on any atom is 0.222 e. The number of benzene rings is 1. The second-order valence-electron chi connectivity index (χ2n) is 3.93. The molecule has 0 aliphatic heterocycles. The van der Waals surface area contributed by atoms with E-state index in [0.29, 0.717) is 10.8 Å². The van der Waals surface area contributed by atoms with Crippen LogP contribution in [0.3, 0.4) is 0 Å². The van der Waals surface area contributed by atoms with Crippen molar-refractivity contribution in [2.75, 3.05) is 5.73 Å². The van der Waals surface area contributed by atoms with E-state index in [4.69, 9.17) is 17.3 Å². The van der Waals surface area contributed by atoms with E-state index >= 15 is 0 Å². The summed E-state index contributed by atoms with van der Waals surface area (Å²) in [4.78, 5) is 8.42. The van der Waals surface area contributed by atoms with Crippen molar-refractivity contribution in [2.45, 2.75) is 6.92 Å². The van der Waals surface area contributed by atoms with Gasteiger partial charge in [-0.05, 0) is 19.1 Å². The van der Waals surface area contributed by atoms with Crippen LogP contribution in [0.4, 0.5) is 5.95 Å². The first-order valence-corrected chi connectivity index (χ1v) is 5.77. The number of rotatable bonds is 1. The van der Waals surface area contributed by atoms with Crippen molar-refractivity contribution in [1.82, 2.24) is 19.7 Å². The first kappa shape index (κ1) is 11.0. The van der Waals surface area contributed by atoms with Crippen LogP contribution in [-0.2, 0) is 0 Å². The van der Waals surface area contributed by atoms with E-state index in [0.717, 1.165) is 16.6 Å². The molecule has 2 heterocycles. The number of anilines is 1. The number of para-hydroxylation sites is 1. The van der Waals surface area contributed by atoms with Gasteiger partial charge in [-0.3, -0.25) is 0 Å². The van der Waals surface area contributed by atoms with E-state index in [2.05, 4.69) is 15.1 Å². The number of nitrogen functional groups attached to an aromatic ring is 1. The van der Waals surface area contributed by atoms with E-state index in [9.17, 15) is 0 Å². The topological polar surface area (TPSA) is 69.6 Å². The molecule has 0 atom stereocenters.